The molecule has 0 N–H and O–H groups in total. The minimum absolute atomic E-state index is 0.128. The highest BCUT2D eigenvalue weighted by Crippen LogP contribution is 2.13. The maximum atomic E-state index is 12.9. The topological polar surface area (TPSA) is 40.6 Å². The molecule has 0 radical (unpaired) electrons. The molecule has 1 saturated heterocycles. The number of piperazine rings is 1. The van der Waals surface area contributed by atoms with Crippen LogP contribution in [0.2, 0.25) is 0 Å². The first kappa shape index (κ1) is 20.5. The molecule has 0 aliphatic carbocycles. The Morgan fingerprint density at radius 1 is 0.828 bits per heavy atom. The number of hydrogen-bond acceptors (Lipinski definition) is 2. The molecule has 4 nitrogen and oxygen atoms in total. The summed E-state index contributed by atoms with van der Waals surface area (Å²) in [6.07, 6.45) is 6.23. The van der Waals surface area contributed by atoms with Gasteiger partial charge in [0, 0.05) is 37.8 Å². The Bertz CT molecular complexity index is 921. The van der Waals surface area contributed by atoms with Crippen LogP contribution in [0.1, 0.15) is 18.1 Å². The van der Waals surface area contributed by atoms with Gasteiger partial charge < -0.3 is 9.80 Å². The van der Waals surface area contributed by atoms with E-state index in [0.717, 1.165) is 11.1 Å². The van der Waals surface area contributed by atoms with Crippen molar-refractivity contribution in [2.75, 3.05) is 19.6 Å². The Morgan fingerprint density at radius 2 is 1.31 bits per heavy atom. The molecule has 150 valence electrons. The molecule has 2 aromatic carbocycles. The highest BCUT2D eigenvalue weighted by atomic mass is 19.1. The number of nitrogens with zero attached hydrogens (tertiary/aromatic N) is 2. The Morgan fingerprint density at radius 3 is 1.79 bits per heavy atom. The zero-order valence-corrected chi connectivity index (χ0v) is 16.1. The molecule has 0 saturated carbocycles. The number of amides is 2. The molecule has 1 heterocycles. The summed E-state index contributed by atoms with van der Waals surface area (Å²) < 4.78 is 25.9. The van der Waals surface area contributed by atoms with Crippen LogP contribution >= 0.6 is 0 Å². The quantitative estimate of drug-likeness (QED) is 0.739. The van der Waals surface area contributed by atoms with Gasteiger partial charge in [0.15, 0.2) is 0 Å². The fourth-order valence-corrected chi connectivity index (χ4v) is 3.17. The molecule has 3 rings (SSSR count). The molecule has 1 atom stereocenters. The van der Waals surface area contributed by atoms with Crippen molar-refractivity contribution in [2.45, 2.75) is 13.0 Å². The maximum absolute atomic E-state index is 12.9. The average molecular weight is 396 g/mol. The van der Waals surface area contributed by atoms with Crippen LogP contribution in [0.15, 0.2) is 60.7 Å². The van der Waals surface area contributed by atoms with Crippen molar-refractivity contribution in [1.29, 1.82) is 0 Å². The molecule has 29 heavy (non-hydrogen) atoms. The summed E-state index contributed by atoms with van der Waals surface area (Å²) in [5.74, 6) is -0.932. The molecular formula is C23H22F2N2O2. The van der Waals surface area contributed by atoms with Crippen LogP contribution in [0.4, 0.5) is 8.78 Å². The lowest BCUT2D eigenvalue weighted by Gasteiger charge is -2.39. The second-order valence-electron chi connectivity index (χ2n) is 6.93. The number of rotatable bonds is 4. The van der Waals surface area contributed by atoms with E-state index in [2.05, 4.69) is 0 Å². The monoisotopic (exact) mass is 396 g/mol. The van der Waals surface area contributed by atoms with E-state index < -0.39 is 0 Å². The number of hydrogen-bond donors (Lipinski definition) is 0. The summed E-state index contributed by atoms with van der Waals surface area (Å²) in [4.78, 5) is 28.3. The second-order valence-corrected chi connectivity index (χ2v) is 6.93. The van der Waals surface area contributed by atoms with Gasteiger partial charge in [0.2, 0.25) is 11.8 Å². The average Bonchev–Trinajstić information content (AvgIpc) is 2.72. The van der Waals surface area contributed by atoms with Gasteiger partial charge in [0.1, 0.15) is 11.6 Å². The maximum Gasteiger partial charge on any atom is 0.246 e. The van der Waals surface area contributed by atoms with Gasteiger partial charge in [-0.15, -0.1) is 0 Å². The van der Waals surface area contributed by atoms with Gasteiger partial charge in [-0.3, -0.25) is 9.59 Å². The SMILES string of the molecule is C[C@H]1CN(C(=O)C=Cc2ccc(F)cc2)CCN1C(=O)C=Cc1ccc(F)cc1. The number of carbonyl (C=O) groups is 2. The van der Waals surface area contributed by atoms with Crippen LogP contribution in [-0.4, -0.2) is 47.3 Å². The number of halogens is 2. The minimum atomic E-state index is -0.323. The van der Waals surface area contributed by atoms with Crippen molar-refractivity contribution < 1.29 is 18.4 Å². The van der Waals surface area contributed by atoms with E-state index in [1.54, 1.807) is 46.2 Å². The van der Waals surface area contributed by atoms with E-state index in [9.17, 15) is 18.4 Å². The molecule has 1 aliphatic rings. The molecule has 6 heteroatoms. The van der Waals surface area contributed by atoms with Crippen molar-refractivity contribution in [1.82, 2.24) is 9.80 Å². The van der Waals surface area contributed by atoms with Gasteiger partial charge in [-0.1, -0.05) is 24.3 Å². The third-order valence-corrected chi connectivity index (χ3v) is 4.80. The Hall–Kier alpha value is -3.28. The molecule has 0 aromatic heterocycles. The van der Waals surface area contributed by atoms with Crippen molar-refractivity contribution in [2.24, 2.45) is 0 Å². The van der Waals surface area contributed by atoms with Gasteiger partial charge in [-0.05, 0) is 54.5 Å². The van der Waals surface area contributed by atoms with Gasteiger partial charge in [-0.25, -0.2) is 8.78 Å². The van der Waals surface area contributed by atoms with E-state index in [0.29, 0.717) is 19.6 Å². The van der Waals surface area contributed by atoms with Gasteiger partial charge in [0.05, 0.1) is 0 Å². The van der Waals surface area contributed by atoms with Crippen LogP contribution < -0.4 is 0 Å². The molecule has 2 amide bonds. The van der Waals surface area contributed by atoms with Crippen LogP contribution in [0.5, 0.6) is 0 Å². The van der Waals surface area contributed by atoms with Gasteiger partial charge >= 0.3 is 0 Å². The molecule has 0 spiro atoms. The zero-order chi connectivity index (χ0) is 20.8. The van der Waals surface area contributed by atoms with Crippen molar-refractivity contribution >= 4 is 24.0 Å². The highest BCUT2D eigenvalue weighted by molar-refractivity contribution is 5.93. The smallest absolute Gasteiger partial charge is 0.246 e. The highest BCUT2D eigenvalue weighted by Gasteiger charge is 2.27. The third-order valence-electron chi connectivity index (χ3n) is 4.80. The van der Waals surface area contributed by atoms with Gasteiger partial charge in [0.25, 0.3) is 0 Å². The molecule has 1 fully saturated rings. The summed E-state index contributed by atoms with van der Waals surface area (Å²) in [5.41, 5.74) is 1.49. The first-order valence-electron chi connectivity index (χ1n) is 9.39. The lowest BCUT2D eigenvalue weighted by atomic mass is 10.1. The molecule has 0 bridgehead atoms. The molecule has 1 aliphatic heterocycles. The Kier molecular flexibility index (Phi) is 6.54. The molecule has 2 aromatic rings. The number of benzene rings is 2. The van der Waals surface area contributed by atoms with E-state index in [4.69, 9.17) is 0 Å². The second kappa shape index (κ2) is 9.28. The Labute approximate surface area is 168 Å². The summed E-state index contributed by atoms with van der Waals surface area (Å²) >= 11 is 0. The van der Waals surface area contributed by atoms with Gasteiger partial charge in [-0.2, -0.15) is 0 Å². The summed E-state index contributed by atoms with van der Waals surface area (Å²) in [5, 5.41) is 0. The zero-order valence-electron chi connectivity index (χ0n) is 16.1. The van der Waals surface area contributed by atoms with E-state index in [1.807, 2.05) is 6.92 Å². The minimum Gasteiger partial charge on any atom is -0.335 e. The predicted octanol–water partition coefficient (Wildman–Crippen LogP) is 3.75. The summed E-state index contributed by atoms with van der Waals surface area (Å²) in [6.45, 7) is 3.20. The molecular weight excluding hydrogens is 374 g/mol. The fraction of sp³-hybridized carbons (Fsp3) is 0.217. The largest absolute Gasteiger partial charge is 0.335 e. The lowest BCUT2D eigenvalue weighted by Crippen LogP contribution is -2.54. The number of carbonyl (C=O) groups excluding carboxylic acids is 2. The van der Waals surface area contributed by atoms with E-state index in [-0.39, 0.29) is 29.5 Å². The fourth-order valence-electron chi connectivity index (χ4n) is 3.17. The molecule has 0 unspecified atom stereocenters. The first-order valence-corrected chi connectivity index (χ1v) is 9.39. The summed E-state index contributed by atoms with van der Waals surface area (Å²) in [6, 6.07) is 11.7. The van der Waals surface area contributed by atoms with Crippen LogP contribution in [0, 0.1) is 11.6 Å². The Balaban J connectivity index is 1.55. The lowest BCUT2D eigenvalue weighted by molar-refractivity contribution is -0.136. The van der Waals surface area contributed by atoms with Crippen molar-refractivity contribution in [3.05, 3.63) is 83.4 Å². The van der Waals surface area contributed by atoms with Crippen molar-refractivity contribution in [3.8, 4) is 0 Å². The predicted molar refractivity (Wildman–Crippen MR) is 109 cm³/mol. The standard InChI is InChI=1S/C23H22F2N2O2/c1-17-16-26(22(28)12-6-18-2-8-20(24)9-3-18)14-15-27(17)23(29)13-7-19-4-10-21(25)11-5-19/h2-13,17H,14-16H2,1H3/t17-/m0/s1. The normalized spacial score (nSPS) is 17.3. The van der Waals surface area contributed by atoms with Crippen LogP contribution in [0.25, 0.3) is 12.2 Å². The van der Waals surface area contributed by atoms with E-state index >= 15 is 0 Å². The first-order chi connectivity index (χ1) is 13.9. The van der Waals surface area contributed by atoms with Crippen molar-refractivity contribution in [3.63, 3.8) is 0 Å². The van der Waals surface area contributed by atoms with E-state index in [1.165, 1.54) is 36.4 Å². The summed E-state index contributed by atoms with van der Waals surface area (Å²) in [7, 11) is 0. The van der Waals surface area contributed by atoms with Crippen LogP contribution in [-0.2, 0) is 9.59 Å². The third kappa shape index (κ3) is 5.60. The van der Waals surface area contributed by atoms with Crippen LogP contribution in [0.3, 0.4) is 0 Å².